The Kier molecular flexibility index (Phi) is 5.76. The van der Waals surface area contributed by atoms with E-state index in [9.17, 15) is 4.39 Å². The lowest BCUT2D eigenvalue weighted by Gasteiger charge is -2.19. The second-order valence-corrected chi connectivity index (χ2v) is 5.03. The first-order valence-electron chi connectivity index (χ1n) is 7.35. The molecule has 0 fully saturated rings. The normalized spacial score (nSPS) is 12.1. The van der Waals surface area contributed by atoms with Crippen LogP contribution in [-0.2, 0) is 6.42 Å². The number of hydrogen-bond acceptors (Lipinski definition) is 2. The third kappa shape index (κ3) is 4.30. The molecule has 0 aliphatic rings. The molecule has 0 aromatic heterocycles. The topological polar surface area (TPSA) is 21.3 Å². The Morgan fingerprint density at radius 1 is 1.14 bits per heavy atom. The van der Waals surface area contributed by atoms with Gasteiger partial charge in [0.15, 0.2) is 11.6 Å². The molecule has 0 spiro atoms. The summed E-state index contributed by atoms with van der Waals surface area (Å²) >= 11 is 0. The molecule has 1 atom stereocenters. The van der Waals surface area contributed by atoms with Crippen molar-refractivity contribution in [3.63, 3.8) is 0 Å². The average molecular weight is 287 g/mol. The number of methoxy groups -OCH3 is 1. The first-order chi connectivity index (χ1) is 10.2. The van der Waals surface area contributed by atoms with Crippen LogP contribution in [0, 0.1) is 5.82 Å². The van der Waals surface area contributed by atoms with Crippen LogP contribution < -0.4 is 10.1 Å². The van der Waals surface area contributed by atoms with Gasteiger partial charge in [-0.1, -0.05) is 43.3 Å². The van der Waals surface area contributed by atoms with E-state index in [4.69, 9.17) is 4.74 Å². The molecule has 0 aliphatic heterocycles. The van der Waals surface area contributed by atoms with Crippen molar-refractivity contribution in [3.8, 4) is 5.75 Å². The fourth-order valence-electron chi connectivity index (χ4n) is 2.48. The van der Waals surface area contributed by atoms with E-state index in [2.05, 4.69) is 36.5 Å². The Labute approximate surface area is 126 Å². The Morgan fingerprint density at radius 2 is 1.90 bits per heavy atom. The molecule has 0 bridgehead atoms. The average Bonchev–Trinajstić information content (AvgIpc) is 2.53. The fourth-order valence-corrected chi connectivity index (χ4v) is 2.48. The SMILES string of the molecule is CCNC(CCc1ccccc1)c1ccc(F)c(OC)c1. The van der Waals surface area contributed by atoms with Crippen LogP contribution in [0.15, 0.2) is 48.5 Å². The van der Waals surface area contributed by atoms with Gasteiger partial charge in [-0.05, 0) is 42.6 Å². The maximum Gasteiger partial charge on any atom is 0.165 e. The Hall–Kier alpha value is -1.87. The van der Waals surface area contributed by atoms with E-state index < -0.39 is 0 Å². The van der Waals surface area contributed by atoms with Crippen molar-refractivity contribution in [1.82, 2.24) is 5.32 Å². The zero-order valence-electron chi connectivity index (χ0n) is 12.6. The van der Waals surface area contributed by atoms with Crippen molar-refractivity contribution in [2.75, 3.05) is 13.7 Å². The largest absolute Gasteiger partial charge is 0.494 e. The van der Waals surface area contributed by atoms with Crippen molar-refractivity contribution >= 4 is 0 Å². The van der Waals surface area contributed by atoms with Gasteiger partial charge in [-0.25, -0.2) is 4.39 Å². The molecule has 1 unspecified atom stereocenters. The monoisotopic (exact) mass is 287 g/mol. The molecule has 0 saturated heterocycles. The number of ether oxygens (including phenoxy) is 1. The lowest BCUT2D eigenvalue weighted by molar-refractivity contribution is 0.384. The zero-order chi connectivity index (χ0) is 15.1. The van der Waals surface area contributed by atoms with Crippen LogP contribution in [0.25, 0.3) is 0 Å². The van der Waals surface area contributed by atoms with Crippen LogP contribution in [-0.4, -0.2) is 13.7 Å². The minimum Gasteiger partial charge on any atom is -0.494 e. The molecule has 2 nitrogen and oxygen atoms in total. The van der Waals surface area contributed by atoms with E-state index >= 15 is 0 Å². The van der Waals surface area contributed by atoms with Gasteiger partial charge in [-0.15, -0.1) is 0 Å². The smallest absolute Gasteiger partial charge is 0.165 e. The molecule has 2 aromatic rings. The molecule has 0 heterocycles. The van der Waals surface area contributed by atoms with Crippen molar-refractivity contribution in [2.45, 2.75) is 25.8 Å². The predicted molar refractivity (Wildman–Crippen MR) is 84.1 cm³/mol. The minimum atomic E-state index is -0.320. The van der Waals surface area contributed by atoms with E-state index in [1.54, 1.807) is 6.07 Å². The number of hydrogen-bond donors (Lipinski definition) is 1. The highest BCUT2D eigenvalue weighted by Crippen LogP contribution is 2.25. The lowest BCUT2D eigenvalue weighted by Crippen LogP contribution is -2.21. The molecule has 0 radical (unpaired) electrons. The summed E-state index contributed by atoms with van der Waals surface area (Å²) in [5, 5.41) is 3.46. The summed E-state index contributed by atoms with van der Waals surface area (Å²) in [6.07, 6.45) is 1.95. The van der Waals surface area contributed by atoms with E-state index in [1.165, 1.54) is 18.7 Å². The summed E-state index contributed by atoms with van der Waals surface area (Å²) in [5.74, 6) is -0.0188. The first-order valence-corrected chi connectivity index (χ1v) is 7.35. The van der Waals surface area contributed by atoms with Gasteiger partial charge < -0.3 is 10.1 Å². The Bertz CT molecular complexity index is 556. The summed E-state index contributed by atoms with van der Waals surface area (Å²) in [5.41, 5.74) is 2.38. The van der Waals surface area contributed by atoms with Gasteiger partial charge in [0.05, 0.1) is 7.11 Å². The van der Waals surface area contributed by atoms with Crippen LogP contribution in [0.4, 0.5) is 4.39 Å². The summed E-state index contributed by atoms with van der Waals surface area (Å²) < 4.78 is 18.6. The Morgan fingerprint density at radius 3 is 2.57 bits per heavy atom. The second kappa shape index (κ2) is 7.79. The van der Waals surface area contributed by atoms with E-state index in [0.29, 0.717) is 5.75 Å². The molecule has 112 valence electrons. The number of aryl methyl sites for hydroxylation is 1. The van der Waals surface area contributed by atoms with Gasteiger partial charge >= 0.3 is 0 Å². The van der Waals surface area contributed by atoms with Crippen LogP contribution >= 0.6 is 0 Å². The maximum atomic E-state index is 13.5. The van der Waals surface area contributed by atoms with Gasteiger partial charge in [0.1, 0.15) is 0 Å². The highest BCUT2D eigenvalue weighted by atomic mass is 19.1. The third-order valence-electron chi connectivity index (χ3n) is 3.59. The highest BCUT2D eigenvalue weighted by molar-refractivity contribution is 5.32. The molecule has 1 N–H and O–H groups in total. The van der Waals surface area contributed by atoms with Crippen molar-refractivity contribution in [1.29, 1.82) is 0 Å². The molecule has 0 amide bonds. The van der Waals surface area contributed by atoms with E-state index in [0.717, 1.165) is 24.9 Å². The summed E-state index contributed by atoms with van der Waals surface area (Å²) in [6, 6.07) is 15.7. The number of benzene rings is 2. The standard InChI is InChI=1S/C18H22FNO/c1-3-20-17(12-9-14-7-5-4-6-8-14)15-10-11-16(19)18(13-15)21-2/h4-8,10-11,13,17,20H,3,9,12H2,1-2H3. The quantitative estimate of drug-likeness (QED) is 0.827. The molecule has 2 rings (SSSR count). The third-order valence-corrected chi connectivity index (χ3v) is 3.59. The molecule has 3 heteroatoms. The minimum absolute atomic E-state index is 0.199. The highest BCUT2D eigenvalue weighted by Gasteiger charge is 2.13. The van der Waals surface area contributed by atoms with Crippen molar-refractivity contribution in [2.24, 2.45) is 0 Å². The molecule has 0 aliphatic carbocycles. The van der Waals surface area contributed by atoms with Crippen LogP contribution in [0.1, 0.15) is 30.5 Å². The molecule has 0 saturated carbocycles. The summed E-state index contributed by atoms with van der Waals surface area (Å²) in [6.45, 7) is 2.95. The predicted octanol–water partition coefficient (Wildman–Crippen LogP) is 4.12. The lowest BCUT2D eigenvalue weighted by atomic mass is 9.98. The van der Waals surface area contributed by atoms with Gasteiger partial charge in [0.25, 0.3) is 0 Å². The summed E-state index contributed by atoms with van der Waals surface area (Å²) in [7, 11) is 1.49. The molecule has 21 heavy (non-hydrogen) atoms. The van der Waals surface area contributed by atoms with E-state index in [1.807, 2.05) is 12.1 Å². The second-order valence-electron chi connectivity index (χ2n) is 5.03. The van der Waals surface area contributed by atoms with E-state index in [-0.39, 0.29) is 11.9 Å². The van der Waals surface area contributed by atoms with Gasteiger partial charge in [0, 0.05) is 6.04 Å². The van der Waals surface area contributed by atoms with Crippen molar-refractivity contribution < 1.29 is 9.13 Å². The maximum absolute atomic E-state index is 13.5. The van der Waals surface area contributed by atoms with Crippen LogP contribution in [0.5, 0.6) is 5.75 Å². The Balaban J connectivity index is 2.11. The van der Waals surface area contributed by atoms with Gasteiger partial charge in [-0.2, -0.15) is 0 Å². The summed E-state index contributed by atoms with van der Waals surface area (Å²) in [4.78, 5) is 0. The fraction of sp³-hybridized carbons (Fsp3) is 0.333. The van der Waals surface area contributed by atoms with Gasteiger partial charge in [0.2, 0.25) is 0 Å². The molecule has 2 aromatic carbocycles. The number of halogens is 1. The zero-order valence-corrected chi connectivity index (χ0v) is 12.6. The van der Waals surface area contributed by atoms with Crippen LogP contribution in [0.3, 0.4) is 0 Å². The van der Waals surface area contributed by atoms with Crippen molar-refractivity contribution in [3.05, 3.63) is 65.5 Å². The molecular formula is C18H22FNO. The number of rotatable bonds is 7. The van der Waals surface area contributed by atoms with Crippen LogP contribution in [0.2, 0.25) is 0 Å². The first kappa shape index (κ1) is 15.5. The molecular weight excluding hydrogens is 265 g/mol. The van der Waals surface area contributed by atoms with Gasteiger partial charge in [-0.3, -0.25) is 0 Å². The number of nitrogens with one attached hydrogen (secondary N) is 1.